The molecule has 4 aromatic carbocycles. The fraction of sp³-hybridized carbons (Fsp3) is 0.270. The molecule has 10 heteroatoms. The molecule has 6 rings (SSSR count). The molecule has 10 nitrogen and oxygen atoms in total. The van der Waals surface area contributed by atoms with Gasteiger partial charge < -0.3 is 30.0 Å². The maximum atomic E-state index is 13.5. The number of hydrogen-bond acceptors (Lipinski definition) is 7. The molecule has 0 saturated carbocycles. The highest BCUT2D eigenvalue weighted by atomic mass is 16.7. The summed E-state index contributed by atoms with van der Waals surface area (Å²) in [6.07, 6.45) is -1.58. The Morgan fingerprint density at radius 1 is 0.787 bits per heavy atom. The molecule has 3 N–H and O–H groups in total. The van der Waals surface area contributed by atoms with Crippen LogP contribution >= 0.6 is 0 Å². The number of rotatable bonds is 13. The van der Waals surface area contributed by atoms with Crippen LogP contribution in [0.2, 0.25) is 0 Å². The number of ether oxygens (including phenoxy) is 3. The van der Waals surface area contributed by atoms with E-state index in [1.54, 1.807) is 24.3 Å². The normalized spacial score (nSPS) is 17.0. The van der Waals surface area contributed by atoms with Crippen LogP contribution < -0.4 is 25.0 Å². The molecule has 2 aliphatic rings. The predicted molar refractivity (Wildman–Crippen MR) is 175 cm³/mol. The highest BCUT2D eigenvalue weighted by molar-refractivity contribution is 5.95. The summed E-state index contributed by atoms with van der Waals surface area (Å²) in [6.45, 7) is 0.216. The number of hydrogen-bond donors (Lipinski definition) is 3. The summed E-state index contributed by atoms with van der Waals surface area (Å²) in [5.41, 5.74) is 3.31. The summed E-state index contributed by atoms with van der Waals surface area (Å²) in [4.78, 5) is 40.8. The monoisotopic (exact) mass is 635 g/mol. The van der Waals surface area contributed by atoms with E-state index in [0.29, 0.717) is 30.0 Å². The fourth-order valence-electron chi connectivity index (χ4n) is 5.91. The van der Waals surface area contributed by atoms with E-state index in [4.69, 9.17) is 14.2 Å². The summed E-state index contributed by atoms with van der Waals surface area (Å²) >= 11 is 0. The molecule has 3 amide bonds. The number of para-hydroxylation sites is 1. The lowest BCUT2D eigenvalue weighted by atomic mass is 9.93. The molecule has 0 spiro atoms. The number of nitrogens with one attached hydrogen (secondary N) is 2. The Balaban J connectivity index is 1.16. The maximum Gasteiger partial charge on any atom is 0.415 e. The van der Waals surface area contributed by atoms with Gasteiger partial charge in [-0.1, -0.05) is 84.9 Å². The van der Waals surface area contributed by atoms with Crippen LogP contribution in [0.5, 0.6) is 11.5 Å². The van der Waals surface area contributed by atoms with E-state index < -0.39 is 36.3 Å². The predicted octanol–water partition coefficient (Wildman–Crippen LogP) is 4.19. The number of nitrogens with zero attached hydrogens (tertiary/aromatic N) is 1. The van der Waals surface area contributed by atoms with Crippen molar-refractivity contribution in [1.82, 2.24) is 10.6 Å². The number of amides is 3. The van der Waals surface area contributed by atoms with Crippen LogP contribution in [-0.4, -0.2) is 60.6 Å². The first-order valence-corrected chi connectivity index (χ1v) is 15.7. The molecule has 242 valence electrons. The Labute approximate surface area is 273 Å². The Hall–Kier alpha value is -5.35. The SMILES string of the molecule is O=C(Cc1ccc2c(c1)OCO2)NC(Cc1ccccc1)[C@@H](O)C[C@H](Cc1ccccc1)NC(=O)C1CN(c2ccccc2)C(=O)O1. The molecule has 2 unspecified atom stereocenters. The molecule has 0 radical (unpaired) electrons. The van der Waals surface area contributed by atoms with Gasteiger partial charge in [0.25, 0.3) is 5.91 Å². The van der Waals surface area contributed by atoms with Crippen LogP contribution in [0.4, 0.5) is 10.5 Å². The second kappa shape index (κ2) is 14.8. The third-order valence-corrected chi connectivity index (χ3v) is 8.28. The second-order valence-electron chi connectivity index (χ2n) is 11.7. The number of fused-ring (bicyclic) bond motifs is 1. The Morgan fingerprint density at radius 2 is 1.43 bits per heavy atom. The third kappa shape index (κ3) is 8.28. The number of anilines is 1. The van der Waals surface area contributed by atoms with Crippen LogP contribution in [0.3, 0.4) is 0 Å². The minimum absolute atomic E-state index is 0.0713. The number of benzene rings is 4. The van der Waals surface area contributed by atoms with E-state index in [2.05, 4.69) is 10.6 Å². The number of carbonyl (C=O) groups excluding carboxylic acids is 3. The van der Waals surface area contributed by atoms with Crippen molar-refractivity contribution in [1.29, 1.82) is 0 Å². The van der Waals surface area contributed by atoms with Gasteiger partial charge in [0.2, 0.25) is 12.7 Å². The number of carbonyl (C=O) groups is 3. The maximum absolute atomic E-state index is 13.5. The zero-order chi connectivity index (χ0) is 32.6. The van der Waals surface area contributed by atoms with E-state index in [9.17, 15) is 19.5 Å². The fourth-order valence-corrected chi connectivity index (χ4v) is 5.91. The van der Waals surface area contributed by atoms with Crippen molar-refractivity contribution in [3.63, 3.8) is 0 Å². The number of cyclic esters (lactones) is 1. The van der Waals surface area contributed by atoms with Gasteiger partial charge >= 0.3 is 6.09 Å². The average Bonchev–Trinajstić information content (AvgIpc) is 3.72. The Bertz CT molecular complexity index is 1670. The molecular weight excluding hydrogens is 598 g/mol. The lowest BCUT2D eigenvalue weighted by molar-refractivity contribution is -0.129. The van der Waals surface area contributed by atoms with Gasteiger partial charge in [0.1, 0.15) is 0 Å². The number of aliphatic hydroxyl groups is 1. The Morgan fingerprint density at radius 3 is 2.13 bits per heavy atom. The second-order valence-corrected chi connectivity index (χ2v) is 11.7. The van der Waals surface area contributed by atoms with Gasteiger partial charge in [0.15, 0.2) is 17.6 Å². The van der Waals surface area contributed by atoms with Crippen LogP contribution in [0.15, 0.2) is 109 Å². The van der Waals surface area contributed by atoms with Crippen molar-refractivity contribution in [2.45, 2.75) is 50.0 Å². The molecule has 0 bridgehead atoms. The lowest BCUT2D eigenvalue weighted by Crippen LogP contribution is -2.50. The topological polar surface area (TPSA) is 126 Å². The van der Waals surface area contributed by atoms with Crippen LogP contribution in [0, 0.1) is 0 Å². The first kappa shape index (κ1) is 31.6. The van der Waals surface area contributed by atoms with Crippen molar-refractivity contribution < 1.29 is 33.7 Å². The summed E-state index contributed by atoms with van der Waals surface area (Å²) in [7, 11) is 0. The van der Waals surface area contributed by atoms with Crippen molar-refractivity contribution in [3.8, 4) is 11.5 Å². The highest BCUT2D eigenvalue weighted by Gasteiger charge is 2.38. The summed E-state index contributed by atoms with van der Waals surface area (Å²) in [5, 5.41) is 17.7. The van der Waals surface area contributed by atoms with Gasteiger partial charge in [0.05, 0.1) is 25.1 Å². The van der Waals surface area contributed by atoms with E-state index in [1.165, 1.54) is 4.90 Å². The molecular formula is C37H37N3O7. The van der Waals surface area contributed by atoms with Crippen LogP contribution in [0.25, 0.3) is 0 Å². The van der Waals surface area contributed by atoms with Crippen molar-refractivity contribution >= 4 is 23.6 Å². The van der Waals surface area contributed by atoms with E-state index in [0.717, 1.165) is 16.7 Å². The zero-order valence-corrected chi connectivity index (χ0v) is 25.8. The molecule has 1 saturated heterocycles. The first-order chi connectivity index (χ1) is 22.9. The van der Waals surface area contributed by atoms with E-state index >= 15 is 0 Å². The van der Waals surface area contributed by atoms with Gasteiger partial charge in [0, 0.05) is 11.7 Å². The zero-order valence-electron chi connectivity index (χ0n) is 25.8. The van der Waals surface area contributed by atoms with Crippen molar-refractivity contribution in [3.05, 3.63) is 126 Å². The van der Waals surface area contributed by atoms with Gasteiger partial charge in [-0.2, -0.15) is 0 Å². The summed E-state index contributed by atoms with van der Waals surface area (Å²) in [6, 6.07) is 32.5. The lowest BCUT2D eigenvalue weighted by Gasteiger charge is -2.29. The Kier molecular flexibility index (Phi) is 9.98. The smallest absolute Gasteiger partial charge is 0.415 e. The quantitative estimate of drug-likeness (QED) is 0.201. The van der Waals surface area contributed by atoms with E-state index in [-0.39, 0.29) is 32.1 Å². The summed E-state index contributed by atoms with van der Waals surface area (Å²) in [5.74, 6) is 0.524. The van der Waals surface area contributed by atoms with E-state index in [1.807, 2.05) is 84.9 Å². The highest BCUT2D eigenvalue weighted by Crippen LogP contribution is 2.32. The minimum Gasteiger partial charge on any atom is -0.454 e. The largest absolute Gasteiger partial charge is 0.454 e. The average molecular weight is 636 g/mol. The third-order valence-electron chi connectivity index (χ3n) is 8.28. The molecule has 2 aliphatic heterocycles. The van der Waals surface area contributed by atoms with Crippen LogP contribution in [-0.2, 0) is 33.6 Å². The van der Waals surface area contributed by atoms with Crippen molar-refractivity contribution in [2.24, 2.45) is 0 Å². The molecule has 0 aliphatic carbocycles. The summed E-state index contributed by atoms with van der Waals surface area (Å²) < 4.78 is 16.3. The molecule has 2 heterocycles. The molecule has 4 aromatic rings. The molecule has 0 aromatic heterocycles. The van der Waals surface area contributed by atoms with Crippen molar-refractivity contribution in [2.75, 3.05) is 18.2 Å². The van der Waals surface area contributed by atoms with Gasteiger partial charge in [-0.05, 0) is 60.2 Å². The van der Waals surface area contributed by atoms with Gasteiger partial charge in [-0.15, -0.1) is 0 Å². The van der Waals surface area contributed by atoms with Gasteiger partial charge in [-0.3, -0.25) is 14.5 Å². The standard InChI is InChI=1S/C37H37N3O7/c41-31(30(19-26-12-6-2-7-13-26)39-35(42)21-27-16-17-32-33(20-27)46-24-45-32)22-28(18-25-10-4-1-5-11-25)38-36(43)34-23-40(37(44)47-34)29-14-8-3-9-15-29/h1-17,20,28,30-31,34,41H,18-19,21-24H2,(H,38,43)(H,39,42)/t28-,30?,31-,34?/m0/s1. The molecule has 4 atom stereocenters. The van der Waals surface area contributed by atoms with Gasteiger partial charge in [-0.25, -0.2) is 4.79 Å². The molecule has 1 fully saturated rings. The van der Waals surface area contributed by atoms with Crippen LogP contribution in [0.1, 0.15) is 23.1 Å². The number of aliphatic hydroxyl groups excluding tert-OH is 1. The minimum atomic E-state index is -1.02. The molecule has 47 heavy (non-hydrogen) atoms. The first-order valence-electron chi connectivity index (χ1n) is 15.7.